The second kappa shape index (κ2) is 8.01. The molecule has 0 spiro atoms. The Bertz CT molecular complexity index is 971. The van der Waals surface area contributed by atoms with Gasteiger partial charge in [-0.15, -0.1) is 0 Å². The summed E-state index contributed by atoms with van der Waals surface area (Å²) in [5.74, 6) is 0.289. The SMILES string of the molecule is COc1ccccc1NC(=O)c1ccc(Nc2ccccc2[N+](=O)[O-])cc1. The zero-order valence-corrected chi connectivity index (χ0v) is 14.5. The molecule has 3 rings (SSSR count). The number of nitro groups is 1. The molecule has 0 aliphatic heterocycles. The van der Waals surface area contributed by atoms with Gasteiger partial charge in [0.25, 0.3) is 11.6 Å². The average Bonchev–Trinajstić information content (AvgIpc) is 2.69. The van der Waals surface area contributed by atoms with Gasteiger partial charge in [0.2, 0.25) is 0 Å². The molecule has 0 aliphatic rings. The predicted molar refractivity (Wildman–Crippen MR) is 104 cm³/mol. The van der Waals surface area contributed by atoms with Gasteiger partial charge in [-0.3, -0.25) is 14.9 Å². The molecule has 136 valence electrons. The Balaban J connectivity index is 1.74. The molecule has 2 N–H and O–H groups in total. The third-order valence-corrected chi connectivity index (χ3v) is 3.88. The Hall–Kier alpha value is -3.87. The van der Waals surface area contributed by atoms with Crippen molar-refractivity contribution in [3.63, 3.8) is 0 Å². The molecule has 0 saturated heterocycles. The largest absolute Gasteiger partial charge is 0.495 e. The predicted octanol–water partition coefficient (Wildman–Crippen LogP) is 4.60. The molecule has 0 fully saturated rings. The molecule has 0 radical (unpaired) electrons. The fourth-order valence-electron chi connectivity index (χ4n) is 2.54. The van der Waals surface area contributed by atoms with Crippen LogP contribution in [0.25, 0.3) is 0 Å². The Morgan fingerprint density at radius 3 is 2.22 bits per heavy atom. The van der Waals surface area contributed by atoms with Gasteiger partial charge in [-0.1, -0.05) is 24.3 Å². The minimum atomic E-state index is -0.447. The maximum absolute atomic E-state index is 12.4. The van der Waals surface area contributed by atoms with Gasteiger partial charge in [0, 0.05) is 17.3 Å². The topological polar surface area (TPSA) is 93.5 Å². The summed E-state index contributed by atoms with van der Waals surface area (Å²) in [7, 11) is 1.54. The summed E-state index contributed by atoms with van der Waals surface area (Å²) >= 11 is 0. The van der Waals surface area contributed by atoms with Crippen molar-refractivity contribution < 1.29 is 14.5 Å². The molecule has 27 heavy (non-hydrogen) atoms. The van der Waals surface area contributed by atoms with Crippen LogP contribution >= 0.6 is 0 Å². The number of anilines is 3. The van der Waals surface area contributed by atoms with Crippen molar-refractivity contribution in [2.45, 2.75) is 0 Å². The number of carbonyl (C=O) groups is 1. The number of hydrogen-bond acceptors (Lipinski definition) is 5. The first-order chi connectivity index (χ1) is 13.1. The summed E-state index contributed by atoms with van der Waals surface area (Å²) < 4.78 is 5.22. The summed E-state index contributed by atoms with van der Waals surface area (Å²) in [6.07, 6.45) is 0. The molecule has 0 heterocycles. The highest BCUT2D eigenvalue weighted by Gasteiger charge is 2.13. The van der Waals surface area contributed by atoms with Gasteiger partial charge >= 0.3 is 0 Å². The van der Waals surface area contributed by atoms with Crippen molar-refractivity contribution in [2.24, 2.45) is 0 Å². The van der Waals surface area contributed by atoms with E-state index in [1.54, 1.807) is 60.7 Å². The molecule has 0 atom stereocenters. The molecular weight excluding hydrogens is 346 g/mol. The number of para-hydroxylation sites is 4. The summed E-state index contributed by atoms with van der Waals surface area (Å²) in [6.45, 7) is 0. The van der Waals surface area contributed by atoms with E-state index in [9.17, 15) is 14.9 Å². The van der Waals surface area contributed by atoms with E-state index in [0.717, 1.165) is 0 Å². The summed E-state index contributed by atoms with van der Waals surface area (Å²) in [5.41, 5.74) is 2.03. The van der Waals surface area contributed by atoms with Gasteiger partial charge in [0.1, 0.15) is 11.4 Å². The fraction of sp³-hybridized carbons (Fsp3) is 0.0500. The number of hydrogen-bond donors (Lipinski definition) is 2. The summed E-state index contributed by atoms with van der Waals surface area (Å²) in [6, 6.07) is 20.2. The molecule has 0 saturated carbocycles. The van der Waals surface area contributed by atoms with Gasteiger partial charge in [-0.2, -0.15) is 0 Å². The molecular formula is C20H17N3O4. The number of benzene rings is 3. The van der Waals surface area contributed by atoms with E-state index >= 15 is 0 Å². The monoisotopic (exact) mass is 363 g/mol. The van der Waals surface area contributed by atoms with E-state index in [0.29, 0.717) is 28.4 Å². The lowest BCUT2D eigenvalue weighted by Crippen LogP contribution is -2.12. The van der Waals surface area contributed by atoms with Crippen molar-refractivity contribution >= 4 is 28.7 Å². The molecule has 0 bridgehead atoms. The van der Waals surface area contributed by atoms with Gasteiger partial charge in [0.15, 0.2) is 0 Å². The highest BCUT2D eigenvalue weighted by Crippen LogP contribution is 2.27. The number of methoxy groups -OCH3 is 1. The van der Waals surface area contributed by atoms with Crippen LogP contribution < -0.4 is 15.4 Å². The highest BCUT2D eigenvalue weighted by atomic mass is 16.6. The molecule has 1 amide bonds. The standard InChI is InChI=1S/C20H17N3O4/c1-27-19-9-5-3-7-17(19)22-20(24)14-10-12-15(13-11-14)21-16-6-2-4-8-18(16)23(25)26/h2-13,21H,1H3,(H,22,24). The van der Waals surface area contributed by atoms with Gasteiger partial charge in [-0.05, 0) is 42.5 Å². The smallest absolute Gasteiger partial charge is 0.292 e. The Kier molecular flexibility index (Phi) is 5.32. The van der Waals surface area contributed by atoms with Crippen LogP contribution in [0, 0.1) is 10.1 Å². The first kappa shape index (κ1) is 17.9. The van der Waals surface area contributed by atoms with Crippen molar-refractivity contribution in [1.29, 1.82) is 0 Å². The van der Waals surface area contributed by atoms with Crippen LogP contribution in [0.15, 0.2) is 72.8 Å². The van der Waals surface area contributed by atoms with Gasteiger partial charge in [-0.25, -0.2) is 0 Å². The molecule has 7 heteroatoms. The van der Waals surface area contributed by atoms with Crippen LogP contribution in [0.2, 0.25) is 0 Å². The lowest BCUT2D eigenvalue weighted by Gasteiger charge is -2.11. The number of amides is 1. The van der Waals surface area contributed by atoms with Crippen molar-refractivity contribution in [2.75, 3.05) is 17.7 Å². The van der Waals surface area contributed by atoms with Crippen molar-refractivity contribution in [1.82, 2.24) is 0 Å². The van der Waals surface area contributed by atoms with Crippen LogP contribution in [-0.4, -0.2) is 17.9 Å². The Morgan fingerprint density at radius 2 is 1.56 bits per heavy atom. The van der Waals surface area contributed by atoms with E-state index in [2.05, 4.69) is 10.6 Å². The van der Waals surface area contributed by atoms with E-state index in [4.69, 9.17) is 4.74 Å². The fourth-order valence-corrected chi connectivity index (χ4v) is 2.54. The Morgan fingerprint density at radius 1 is 0.926 bits per heavy atom. The molecule has 7 nitrogen and oxygen atoms in total. The number of ether oxygens (including phenoxy) is 1. The van der Waals surface area contributed by atoms with Crippen LogP contribution in [0.3, 0.4) is 0 Å². The average molecular weight is 363 g/mol. The molecule has 0 unspecified atom stereocenters. The molecule has 0 aliphatic carbocycles. The second-order valence-corrected chi connectivity index (χ2v) is 5.63. The maximum Gasteiger partial charge on any atom is 0.292 e. The zero-order chi connectivity index (χ0) is 19.2. The number of carbonyl (C=O) groups excluding carboxylic acids is 1. The third kappa shape index (κ3) is 4.21. The maximum atomic E-state index is 12.4. The molecule has 3 aromatic carbocycles. The van der Waals surface area contributed by atoms with Gasteiger partial charge in [0.05, 0.1) is 17.7 Å². The third-order valence-electron chi connectivity index (χ3n) is 3.88. The summed E-state index contributed by atoms with van der Waals surface area (Å²) in [5, 5.41) is 16.9. The van der Waals surface area contributed by atoms with Crippen molar-refractivity contribution in [3.8, 4) is 5.75 Å². The second-order valence-electron chi connectivity index (χ2n) is 5.63. The quantitative estimate of drug-likeness (QED) is 0.493. The molecule has 0 aromatic heterocycles. The number of rotatable bonds is 6. The van der Waals surface area contributed by atoms with E-state index in [1.165, 1.54) is 13.2 Å². The molecule has 3 aromatic rings. The number of nitrogens with one attached hydrogen (secondary N) is 2. The number of nitrogens with zero attached hydrogens (tertiary/aromatic N) is 1. The van der Waals surface area contributed by atoms with Crippen LogP contribution in [0.4, 0.5) is 22.7 Å². The van der Waals surface area contributed by atoms with Crippen LogP contribution in [0.1, 0.15) is 10.4 Å². The normalized spacial score (nSPS) is 10.1. The zero-order valence-electron chi connectivity index (χ0n) is 14.5. The summed E-state index contributed by atoms with van der Waals surface area (Å²) in [4.78, 5) is 23.1. The van der Waals surface area contributed by atoms with Crippen LogP contribution in [0.5, 0.6) is 5.75 Å². The Labute approximate surface area is 155 Å². The highest BCUT2D eigenvalue weighted by molar-refractivity contribution is 6.05. The minimum Gasteiger partial charge on any atom is -0.495 e. The number of nitro benzene ring substituents is 1. The van der Waals surface area contributed by atoms with Crippen molar-refractivity contribution in [3.05, 3.63) is 88.5 Å². The lowest BCUT2D eigenvalue weighted by molar-refractivity contribution is -0.383. The van der Waals surface area contributed by atoms with E-state index < -0.39 is 4.92 Å². The van der Waals surface area contributed by atoms with E-state index in [1.807, 2.05) is 6.07 Å². The lowest BCUT2D eigenvalue weighted by atomic mass is 10.1. The first-order valence-corrected chi connectivity index (χ1v) is 8.13. The first-order valence-electron chi connectivity index (χ1n) is 8.13. The minimum absolute atomic E-state index is 0.0181. The van der Waals surface area contributed by atoms with Crippen LogP contribution in [-0.2, 0) is 0 Å². The van der Waals surface area contributed by atoms with E-state index in [-0.39, 0.29) is 11.6 Å². The van der Waals surface area contributed by atoms with Gasteiger partial charge < -0.3 is 15.4 Å².